The minimum absolute atomic E-state index is 0.0739. The van der Waals surface area contributed by atoms with Gasteiger partial charge in [-0.25, -0.2) is 19.2 Å². The highest BCUT2D eigenvalue weighted by atomic mass is 19.1. The van der Waals surface area contributed by atoms with Gasteiger partial charge in [0.25, 0.3) is 0 Å². The zero-order valence-corrected chi connectivity index (χ0v) is 31.8. The third kappa shape index (κ3) is 7.86. The summed E-state index contributed by atoms with van der Waals surface area (Å²) in [7, 11) is 1.25. The molecular formula is C42H47FN8O5. The van der Waals surface area contributed by atoms with E-state index in [9.17, 15) is 19.2 Å². The summed E-state index contributed by atoms with van der Waals surface area (Å²) < 4.78 is 21.1. The minimum Gasteiger partial charge on any atom is -0.453 e. The van der Waals surface area contributed by atoms with E-state index in [0.717, 1.165) is 60.9 Å². The third-order valence-corrected chi connectivity index (χ3v) is 10.9. The molecule has 7 rings (SSSR count). The molecule has 1 aliphatic carbocycles. The Labute approximate surface area is 324 Å². The van der Waals surface area contributed by atoms with Crippen molar-refractivity contribution in [2.45, 2.75) is 70.5 Å². The van der Waals surface area contributed by atoms with Crippen LogP contribution in [0.15, 0.2) is 67.0 Å². The van der Waals surface area contributed by atoms with E-state index in [4.69, 9.17) is 0 Å². The third-order valence-electron chi connectivity index (χ3n) is 10.9. The highest BCUT2D eigenvalue weighted by molar-refractivity contribution is 5.89. The molecule has 2 unspecified atom stereocenters. The SMILES string of the molecule is COC(=O)NCC(=O)N1CCCC1c1ncc(-c2ccc(-c3c(F)cc(-c4cnc([C@@H]5CCCN5C(=O)C(NC=O)C(C)C)[nH]4)cc3C3=CCCC=C3)cc2)[nH]1. The van der Waals surface area contributed by atoms with Gasteiger partial charge in [0.15, 0.2) is 0 Å². The van der Waals surface area contributed by atoms with Crippen LogP contribution in [0.5, 0.6) is 0 Å². The van der Waals surface area contributed by atoms with Crippen LogP contribution in [0.1, 0.15) is 81.7 Å². The first-order chi connectivity index (χ1) is 27.2. The van der Waals surface area contributed by atoms with Crippen LogP contribution < -0.4 is 10.6 Å². The number of likely N-dealkylation sites (tertiary alicyclic amines) is 2. The van der Waals surface area contributed by atoms with Gasteiger partial charge in [-0.15, -0.1) is 0 Å². The summed E-state index contributed by atoms with van der Waals surface area (Å²) >= 11 is 0. The fraction of sp³-hybridized carbons (Fsp3) is 0.381. The predicted molar refractivity (Wildman–Crippen MR) is 209 cm³/mol. The van der Waals surface area contributed by atoms with Gasteiger partial charge in [-0.2, -0.15) is 0 Å². The number of halogens is 1. The van der Waals surface area contributed by atoms with E-state index in [0.29, 0.717) is 53.5 Å². The van der Waals surface area contributed by atoms with Crippen LogP contribution in [-0.2, 0) is 19.1 Å². The van der Waals surface area contributed by atoms with Crippen LogP contribution in [0.25, 0.3) is 39.2 Å². The molecule has 4 aromatic rings. The molecule has 292 valence electrons. The molecule has 2 aliphatic heterocycles. The number of nitrogens with zero attached hydrogens (tertiary/aromatic N) is 4. The van der Waals surface area contributed by atoms with Gasteiger partial charge < -0.3 is 35.1 Å². The van der Waals surface area contributed by atoms with Crippen LogP contribution in [0.2, 0.25) is 0 Å². The normalized spacial score (nSPS) is 18.6. The van der Waals surface area contributed by atoms with Crippen LogP contribution in [0.4, 0.5) is 9.18 Å². The van der Waals surface area contributed by atoms with Gasteiger partial charge in [0.2, 0.25) is 18.2 Å². The van der Waals surface area contributed by atoms with Gasteiger partial charge in [0, 0.05) is 24.2 Å². The van der Waals surface area contributed by atoms with Gasteiger partial charge >= 0.3 is 6.09 Å². The molecule has 3 aliphatic rings. The van der Waals surface area contributed by atoms with Crippen molar-refractivity contribution in [1.29, 1.82) is 0 Å². The lowest BCUT2D eigenvalue weighted by Crippen LogP contribution is -2.48. The van der Waals surface area contributed by atoms with Gasteiger partial charge in [-0.3, -0.25) is 14.4 Å². The van der Waals surface area contributed by atoms with E-state index in [1.165, 1.54) is 13.2 Å². The lowest BCUT2D eigenvalue weighted by Gasteiger charge is -2.29. The Balaban J connectivity index is 1.13. The van der Waals surface area contributed by atoms with Crippen molar-refractivity contribution >= 4 is 29.9 Å². The molecule has 0 radical (unpaired) electrons. The first-order valence-electron chi connectivity index (χ1n) is 19.2. The molecule has 13 nitrogen and oxygen atoms in total. The van der Waals surface area contributed by atoms with Crippen molar-refractivity contribution in [1.82, 2.24) is 40.4 Å². The van der Waals surface area contributed by atoms with E-state index < -0.39 is 12.1 Å². The zero-order chi connectivity index (χ0) is 39.3. The molecule has 2 aromatic carbocycles. The summed E-state index contributed by atoms with van der Waals surface area (Å²) in [6.45, 7) is 4.78. The average Bonchev–Trinajstić information content (AvgIpc) is 4.05. The van der Waals surface area contributed by atoms with Crippen molar-refractivity contribution in [3.8, 4) is 33.6 Å². The highest BCUT2D eigenvalue weighted by Gasteiger charge is 2.37. The molecule has 0 saturated carbocycles. The van der Waals surface area contributed by atoms with Crippen molar-refractivity contribution in [3.63, 3.8) is 0 Å². The monoisotopic (exact) mass is 762 g/mol. The van der Waals surface area contributed by atoms with Gasteiger partial charge in [0.05, 0.1) is 43.0 Å². The predicted octanol–water partition coefficient (Wildman–Crippen LogP) is 6.46. The fourth-order valence-electron chi connectivity index (χ4n) is 8.00. The Bertz CT molecular complexity index is 2160. The second kappa shape index (κ2) is 16.8. The minimum atomic E-state index is -0.659. The van der Waals surface area contributed by atoms with Crippen molar-refractivity contribution in [2.24, 2.45) is 5.92 Å². The maximum absolute atomic E-state index is 16.5. The molecule has 2 fully saturated rings. The number of aromatic nitrogens is 4. The molecule has 4 N–H and O–H groups in total. The topological polar surface area (TPSA) is 165 Å². The maximum Gasteiger partial charge on any atom is 0.407 e. The van der Waals surface area contributed by atoms with Gasteiger partial charge in [-0.05, 0) is 78.8 Å². The van der Waals surface area contributed by atoms with E-state index >= 15 is 4.39 Å². The molecule has 2 saturated heterocycles. The molecule has 2 aromatic heterocycles. The number of H-pyrrole nitrogens is 2. The van der Waals surface area contributed by atoms with E-state index in [2.05, 4.69) is 47.5 Å². The lowest BCUT2D eigenvalue weighted by molar-refractivity contribution is -0.137. The number of benzene rings is 2. The molecule has 4 heterocycles. The molecule has 0 bridgehead atoms. The summed E-state index contributed by atoms with van der Waals surface area (Å²) in [5, 5.41) is 5.13. The standard InChI is InChI=1S/C42H47FN8O5/c1-25(2)38(47-24-52)41(54)51-18-8-12-35(51)40-45-22-33(49-40)29-19-30(26-9-5-4-6-10-26)37(31(43)20-29)28-15-13-27(14-16-28)32-21-44-39(48-32)34-11-7-17-50(34)36(53)23-46-42(55)56-3/h5,9-10,13-16,19-22,24-25,34-35,38H,4,6-8,11-12,17-18,23H2,1-3H3,(H,44,48)(H,45,49)(H,46,55)(H,47,52)/t34?,35-,38?/m0/s1. The lowest BCUT2D eigenvalue weighted by atomic mass is 9.89. The Hall–Kier alpha value is -6.05. The van der Waals surface area contributed by atoms with Crippen LogP contribution in [0.3, 0.4) is 0 Å². The summed E-state index contributed by atoms with van der Waals surface area (Å²) in [6, 6.07) is 10.0. The van der Waals surface area contributed by atoms with E-state index in [1.807, 2.05) is 50.3 Å². The van der Waals surface area contributed by atoms with E-state index in [1.54, 1.807) is 22.2 Å². The summed E-state index contributed by atoms with van der Waals surface area (Å²) in [4.78, 5) is 68.6. The molecule has 4 amide bonds. The Morgan fingerprint density at radius 3 is 2.20 bits per heavy atom. The number of carbonyl (C=O) groups is 4. The number of nitrogens with one attached hydrogen (secondary N) is 4. The fourth-order valence-corrected chi connectivity index (χ4v) is 8.00. The number of hydrogen-bond acceptors (Lipinski definition) is 7. The van der Waals surface area contributed by atoms with Crippen LogP contribution >= 0.6 is 0 Å². The first kappa shape index (κ1) is 38.2. The number of alkyl carbamates (subject to hydrolysis) is 1. The van der Waals surface area contributed by atoms with Crippen molar-refractivity contribution in [2.75, 3.05) is 26.7 Å². The average molecular weight is 763 g/mol. The van der Waals surface area contributed by atoms with Crippen molar-refractivity contribution < 1.29 is 28.3 Å². The summed E-state index contributed by atoms with van der Waals surface area (Å²) in [6.07, 6.45) is 14.5. The zero-order valence-electron chi connectivity index (χ0n) is 31.8. The molecule has 3 atom stereocenters. The largest absolute Gasteiger partial charge is 0.453 e. The van der Waals surface area contributed by atoms with Crippen LogP contribution in [-0.4, -0.2) is 86.8 Å². The second-order valence-corrected chi connectivity index (χ2v) is 14.7. The summed E-state index contributed by atoms with van der Waals surface area (Å²) in [5.41, 5.74) is 5.80. The maximum atomic E-state index is 16.5. The Morgan fingerprint density at radius 1 is 0.929 bits per heavy atom. The number of imidazole rings is 2. The number of allylic oxidation sites excluding steroid dienone is 4. The number of hydrogen-bond donors (Lipinski definition) is 4. The Kier molecular flexibility index (Phi) is 11.4. The number of amides is 4. The van der Waals surface area contributed by atoms with Crippen molar-refractivity contribution in [3.05, 3.63) is 90.0 Å². The highest BCUT2D eigenvalue weighted by Crippen LogP contribution is 2.39. The Morgan fingerprint density at radius 2 is 1.57 bits per heavy atom. The molecular weight excluding hydrogens is 716 g/mol. The smallest absolute Gasteiger partial charge is 0.407 e. The number of methoxy groups -OCH3 is 1. The molecule has 0 spiro atoms. The van der Waals surface area contributed by atoms with Gasteiger partial charge in [-0.1, -0.05) is 56.3 Å². The second-order valence-electron chi connectivity index (χ2n) is 14.7. The number of carbonyl (C=O) groups excluding carboxylic acids is 4. The molecule has 56 heavy (non-hydrogen) atoms. The summed E-state index contributed by atoms with van der Waals surface area (Å²) in [5.74, 6) is 0.487. The van der Waals surface area contributed by atoms with Crippen LogP contribution in [0, 0.1) is 11.7 Å². The first-order valence-corrected chi connectivity index (χ1v) is 19.2. The van der Waals surface area contributed by atoms with E-state index in [-0.39, 0.29) is 42.2 Å². The molecule has 14 heteroatoms. The quantitative estimate of drug-likeness (QED) is 0.120. The number of rotatable bonds is 12. The van der Waals surface area contributed by atoms with Gasteiger partial charge in [0.1, 0.15) is 30.1 Å². The number of ether oxygens (including phenoxy) is 1. The number of aromatic amines is 2.